The van der Waals surface area contributed by atoms with Gasteiger partial charge in [-0.2, -0.15) is 0 Å². The van der Waals surface area contributed by atoms with Crippen molar-refractivity contribution in [3.63, 3.8) is 0 Å². The summed E-state index contributed by atoms with van der Waals surface area (Å²) in [7, 11) is 1.24. The molecular formula is C33H33ClN4O5S. The van der Waals surface area contributed by atoms with Gasteiger partial charge >= 0.3 is 5.97 Å². The van der Waals surface area contributed by atoms with E-state index in [0.29, 0.717) is 53.7 Å². The highest BCUT2D eigenvalue weighted by molar-refractivity contribution is 7.15. The number of hydrogen-bond donors (Lipinski definition) is 3. The number of nitrogens with zero attached hydrogens (tertiary/aromatic N) is 1. The molecular weight excluding hydrogens is 600 g/mol. The fourth-order valence-corrected chi connectivity index (χ4v) is 6.62. The number of carbonyl (C=O) groups excluding carboxylic acids is 3. The fraction of sp³-hybridized carbons (Fsp3) is 0.273. The predicted octanol–water partition coefficient (Wildman–Crippen LogP) is 6.32. The van der Waals surface area contributed by atoms with Crippen LogP contribution < -0.4 is 21.1 Å². The van der Waals surface area contributed by atoms with E-state index in [-0.39, 0.29) is 17.0 Å². The number of methoxy groups -OCH3 is 1. The van der Waals surface area contributed by atoms with E-state index in [1.54, 1.807) is 35.6 Å². The standard InChI is InChI=1S/C33H33ClN4O5S/c1-5-9-36-32(40)26-7-6-21(29(37-26)33(41)42-4)22-15-27-24(30-20(8-10-43-27)12-18(3)44-30)14-23(22)31(39)38-28-17(2)11-19(16-35)13-25(28)34/h6-7,11-15H,5,8-10,16,35H2,1-4H3,(H,36,40)(H,38,39). The Labute approximate surface area is 264 Å². The molecule has 228 valence electrons. The number of carbonyl (C=O) groups is 3. The number of rotatable bonds is 8. The van der Waals surface area contributed by atoms with Crippen molar-refractivity contribution in [2.24, 2.45) is 5.73 Å². The number of aryl methyl sites for hydroxylation is 2. The number of halogens is 1. The molecule has 0 fully saturated rings. The summed E-state index contributed by atoms with van der Waals surface area (Å²) in [4.78, 5) is 46.5. The Hall–Kier alpha value is -4.25. The number of nitrogens with two attached hydrogens (primary N) is 1. The van der Waals surface area contributed by atoms with Gasteiger partial charge in [-0.15, -0.1) is 11.3 Å². The second kappa shape index (κ2) is 13.2. The number of anilines is 1. The van der Waals surface area contributed by atoms with E-state index < -0.39 is 17.8 Å². The molecule has 3 heterocycles. The highest BCUT2D eigenvalue weighted by Crippen LogP contribution is 2.44. The van der Waals surface area contributed by atoms with Crippen molar-refractivity contribution in [1.82, 2.24) is 10.3 Å². The first kappa shape index (κ1) is 31.2. The lowest BCUT2D eigenvalue weighted by Crippen LogP contribution is -2.26. The molecule has 0 spiro atoms. The lowest BCUT2D eigenvalue weighted by Gasteiger charge is -2.18. The number of amides is 2. The molecule has 11 heteroatoms. The molecule has 0 atom stereocenters. The van der Waals surface area contributed by atoms with Crippen molar-refractivity contribution in [2.75, 3.05) is 25.6 Å². The number of benzene rings is 2. The van der Waals surface area contributed by atoms with E-state index >= 15 is 0 Å². The highest BCUT2D eigenvalue weighted by atomic mass is 35.5. The van der Waals surface area contributed by atoms with Gasteiger partial charge in [-0.25, -0.2) is 9.78 Å². The Bertz CT molecular complexity index is 1760. The van der Waals surface area contributed by atoms with Crippen LogP contribution in [-0.2, 0) is 17.7 Å². The molecule has 4 N–H and O–H groups in total. The van der Waals surface area contributed by atoms with Crippen LogP contribution in [0.5, 0.6) is 5.75 Å². The molecule has 0 bridgehead atoms. The van der Waals surface area contributed by atoms with E-state index in [1.807, 2.05) is 26.8 Å². The number of thiophene rings is 1. The van der Waals surface area contributed by atoms with Crippen molar-refractivity contribution < 1.29 is 23.9 Å². The van der Waals surface area contributed by atoms with Crippen molar-refractivity contribution in [3.8, 4) is 27.3 Å². The minimum absolute atomic E-state index is 0.0562. The van der Waals surface area contributed by atoms with Crippen LogP contribution in [0.15, 0.2) is 42.5 Å². The van der Waals surface area contributed by atoms with Crippen LogP contribution >= 0.6 is 22.9 Å². The van der Waals surface area contributed by atoms with E-state index in [9.17, 15) is 14.4 Å². The van der Waals surface area contributed by atoms with Crippen LogP contribution in [-0.4, -0.2) is 43.0 Å². The average Bonchev–Trinajstić information content (AvgIpc) is 3.31. The second-order valence-corrected chi connectivity index (χ2v) is 12.1. The van der Waals surface area contributed by atoms with E-state index in [2.05, 4.69) is 21.7 Å². The van der Waals surface area contributed by atoms with Gasteiger partial charge < -0.3 is 25.8 Å². The molecule has 0 saturated carbocycles. The third kappa shape index (κ3) is 6.19. The monoisotopic (exact) mass is 632 g/mol. The zero-order valence-corrected chi connectivity index (χ0v) is 26.5. The normalized spacial score (nSPS) is 12.0. The number of aromatic nitrogens is 1. The molecule has 2 aromatic heterocycles. The summed E-state index contributed by atoms with van der Waals surface area (Å²) >= 11 is 8.21. The smallest absolute Gasteiger partial charge is 0.357 e. The van der Waals surface area contributed by atoms with E-state index in [4.69, 9.17) is 26.8 Å². The van der Waals surface area contributed by atoms with Crippen LogP contribution in [0, 0.1) is 13.8 Å². The molecule has 0 saturated heterocycles. The fourth-order valence-electron chi connectivity index (χ4n) is 5.20. The summed E-state index contributed by atoms with van der Waals surface area (Å²) in [5.41, 5.74) is 10.7. The predicted molar refractivity (Wildman–Crippen MR) is 173 cm³/mol. The zero-order chi connectivity index (χ0) is 31.5. The Morgan fingerprint density at radius 2 is 1.86 bits per heavy atom. The number of fused-ring (bicyclic) bond motifs is 3. The first-order valence-corrected chi connectivity index (χ1v) is 15.4. The molecule has 0 radical (unpaired) electrons. The average molecular weight is 633 g/mol. The van der Waals surface area contributed by atoms with Gasteiger partial charge in [-0.1, -0.05) is 24.6 Å². The van der Waals surface area contributed by atoms with Gasteiger partial charge in [0.2, 0.25) is 0 Å². The molecule has 9 nitrogen and oxygen atoms in total. The number of nitrogens with one attached hydrogen (secondary N) is 2. The van der Waals surface area contributed by atoms with Gasteiger partial charge in [0.15, 0.2) is 5.69 Å². The minimum Gasteiger partial charge on any atom is -0.493 e. The topological polar surface area (TPSA) is 133 Å². The summed E-state index contributed by atoms with van der Waals surface area (Å²) in [6.07, 6.45) is 1.45. The number of pyridine rings is 1. The zero-order valence-electron chi connectivity index (χ0n) is 24.9. The molecule has 1 aliphatic heterocycles. The summed E-state index contributed by atoms with van der Waals surface area (Å²) in [6, 6.07) is 12.4. The maximum absolute atomic E-state index is 14.2. The van der Waals surface area contributed by atoms with Crippen LogP contribution in [0.3, 0.4) is 0 Å². The molecule has 4 aromatic rings. The minimum atomic E-state index is -0.750. The third-order valence-corrected chi connectivity index (χ3v) is 8.75. The number of esters is 1. The number of hydrogen-bond acceptors (Lipinski definition) is 8. The molecule has 0 aliphatic carbocycles. The van der Waals surface area contributed by atoms with Gasteiger partial charge in [0, 0.05) is 51.5 Å². The van der Waals surface area contributed by atoms with E-state index in [0.717, 1.165) is 38.4 Å². The largest absolute Gasteiger partial charge is 0.493 e. The summed E-state index contributed by atoms with van der Waals surface area (Å²) in [5, 5.41) is 6.10. The Morgan fingerprint density at radius 3 is 2.57 bits per heavy atom. The molecule has 44 heavy (non-hydrogen) atoms. The van der Waals surface area contributed by atoms with Crippen molar-refractivity contribution >= 4 is 46.4 Å². The van der Waals surface area contributed by atoms with E-state index in [1.165, 1.54) is 13.2 Å². The van der Waals surface area contributed by atoms with Crippen molar-refractivity contribution in [3.05, 3.63) is 86.0 Å². The SMILES string of the molecule is CCCNC(=O)c1ccc(-c2cc3c(cc2C(=O)Nc2c(C)cc(CN)cc2Cl)-c2sc(C)cc2CCO3)c(C(=O)OC)n1. The first-order valence-electron chi connectivity index (χ1n) is 14.2. The first-order chi connectivity index (χ1) is 21.1. The maximum Gasteiger partial charge on any atom is 0.357 e. The molecule has 2 amide bonds. The molecule has 1 aliphatic rings. The van der Waals surface area contributed by atoms with Gasteiger partial charge in [0.05, 0.1) is 24.4 Å². The summed E-state index contributed by atoms with van der Waals surface area (Å²) < 4.78 is 11.2. The van der Waals surface area contributed by atoms with Gasteiger partial charge in [0.1, 0.15) is 11.4 Å². The highest BCUT2D eigenvalue weighted by Gasteiger charge is 2.27. The summed E-state index contributed by atoms with van der Waals surface area (Å²) in [6.45, 7) is 7.04. The maximum atomic E-state index is 14.2. The molecule has 5 rings (SSSR count). The van der Waals surface area contributed by atoms with Crippen LogP contribution in [0.1, 0.15) is 66.2 Å². The molecule has 0 unspecified atom stereocenters. The van der Waals surface area contributed by atoms with Crippen molar-refractivity contribution in [2.45, 2.75) is 40.2 Å². The lowest BCUT2D eigenvalue weighted by atomic mass is 9.93. The Morgan fingerprint density at radius 1 is 1.07 bits per heavy atom. The van der Waals surface area contributed by atoms with Gasteiger partial charge in [-0.3, -0.25) is 9.59 Å². The second-order valence-electron chi connectivity index (χ2n) is 10.5. The lowest BCUT2D eigenvalue weighted by molar-refractivity contribution is 0.0594. The quantitative estimate of drug-likeness (QED) is 0.194. The Balaban J connectivity index is 1.71. The summed E-state index contributed by atoms with van der Waals surface area (Å²) in [5.74, 6) is -1.05. The van der Waals surface area contributed by atoms with Crippen LogP contribution in [0.25, 0.3) is 21.6 Å². The Kier molecular flexibility index (Phi) is 9.33. The molecule has 2 aromatic carbocycles. The van der Waals surface area contributed by atoms with Crippen molar-refractivity contribution in [1.29, 1.82) is 0 Å². The van der Waals surface area contributed by atoms with Crippen LogP contribution in [0.2, 0.25) is 5.02 Å². The number of ether oxygens (including phenoxy) is 2. The van der Waals surface area contributed by atoms with Crippen LogP contribution in [0.4, 0.5) is 5.69 Å². The van der Waals surface area contributed by atoms with Gasteiger partial charge in [0.25, 0.3) is 11.8 Å². The third-order valence-electron chi connectivity index (χ3n) is 7.32. The van der Waals surface area contributed by atoms with Gasteiger partial charge in [-0.05, 0) is 73.4 Å².